The number of ketones is 1. The van der Waals surface area contributed by atoms with Gasteiger partial charge in [-0.2, -0.15) is 13.2 Å². The number of carboxylic acids is 1. The second-order valence-corrected chi connectivity index (χ2v) is 19.7. The highest BCUT2D eigenvalue weighted by atomic mass is 19.4. The van der Waals surface area contributed by atoms with Gasteiger partial charge in [0.25, 0.3) is 0 Å². The minimum Gasteiger partial charge on any atom is -0.481 e. The number of fused-ring (bicyclic) bond motifs is 7. The van der Waals surface area contributed by atoms with Crippen LogP contribution in [0.1, 0.15) is 140 Å². The van der Waals surface area contributed by atoms with Crippen molar-refractivity contribution in [3.63, 3.8) is 0 Å². The molecule has 0 radical (unpaired) electrons. The van der Waals surface area contributed by atoms with E-state index in [9.17, 15) is 37.5 Å². The van der Waals surface area contributed by atoms with Crippen molar-refractivity contribution in [2.24, 2.45) is 50.7 Å². The number of Topliss-reactive ketones (excluding diaryl/α,β-unsaturated/α-hetero) is 1. The van der Waals surface area contributed by atoms with E-state index < -0.39 is 40.6 Å². The van der Waals surface area contributed by atoms with Gasteiger partial charge in [0.1, 0.15) is 11.6 Å². The van der Waals surface area contributed by atoms with E-state index in [4.69, 9.17) is 4.74 Å². The van der Waals surface area contributed by atoms with Crippen LogP contribution in [0.3, 0.4) is 0 Å². The third-order valence-electron chi connectivity index (χ3n) is 15.3. The molecule has 0 heterocycles. The molecule has 11 heteroatoms. The number of ether oxygens (including phenoxy) is 1. The molecular weight excluding hydrogens is 661 g/mol. The van der Waals surface area contributed by atoms with Gasteiger partial charge >= 0.3 is 24.1 Å². The van der Waals surface area contributed by atoms with E-state index in [-0.39, 0.29) is 64.1 Å². The van der Waals surface area contributed by atoms with Gasteiger partial charge in [-0.15, -0.1) is 0 Å². The zero-order valence-corrected chi connectivity index (χ0v) is 32.6. The van der Waals surface area contributed by atoms with Crippen LogP contribution in [0.25, 0.3) is 0 Å². The summed E-state index contributed by atoms with van der Waals surface area (Å²) in [4.78, 5) is 51.9. The number of rotatable bonds is 7. The summed E-state index contributed by atoms with van der Waals surface area (Å²) in [7, 11) is 0. The number of aliphatic carboxylic acids is 1. The molecule has 288 valence electrons. The van der Waals surface area contributed by atoms with Crippen LogP contribution in [-0.4, -0.2) is 52.2 Å². The van der Waals surface area contributed by atoms with Gasteiger partial charge in [-0.05, 0) is 130 Å². The zero-order valence-electron chi connectivity index (χ0n) is 32.6. The van der Waals surface area contributed by atoms with Crippen molar-refractivity contribution in [2.75, 3.05) is 0 Å². The topological polar surface area (TPSA) is 122 Å². The Hall–Kier alpha value is -2.59. The maximum absolute atomic E-state index is 13.8. The summed E-state index contributed by atoms with van der Waals surface area (Å²) in [5, 5.41) is 14.7. The molecule has 3 N–H and O–H groups in total. The van der Waals surface area contributed by atoms with Crippen molar-refractivity contribution < 1.29 is 42.2 Å². The van der Waals surface area contributed by atoms with Gasteiger partial charge in [0.2, 0.25) is 0 Å². The molecule has 0 aromatic carbocycles. The van der Waals surface area contributed by atoms with Crippen LogP contribution < -0.4 is 10.6 Å². The average Bonchev–Trinajstić information content (AvgIpc) is 3.25. The van der Waals surface area contributed by atoms with Crippen LogP contribution in [0.4, 0.5) is 18.0 Å². The summed E-state index contributed by atoms with van der Waals surface area (Å²) < 4.78 is 47.4. The van der Waals surface area contributed by atoms with E-state index in [1.807, 2.05) is 13.8 Å². The third-order valence-corrected chi connectivity index (χ3v) is 15.3. The number of amides is 2. The van der Waals surface area contributed by atoms with E-state index in [1.54, 1.807) is 0 Å². The first-order valence-electron chi connectivity index (χ1n) is 19.0. The number of carbonyl (C=O) groups is 4. The fourth-order valence-electron chi connectivity index (χ4n) is 12.2. The van der Waals surface area contributed by atoms with Crippen LogP contribution in [0, 0.1) is 50.7 Å². The Bertz CT molecular complexity index is 1520. The summed E-state index contributed by atoms with van der Waals surface area (Å²) in [5.74, 6) is -1.01. The van der Waals surface area contributed by atoms with Crippen LogP contribution in [0.2, 0.25) is 0 Å². The number of carbonyl (C=O) groups excluding carboxylic acids is 3. The molecular formula is C40H61F3N2O6. The zero-order chi connectivity index (χ0) is 38.5. The molecule has 0 aromatic rings. The normalized spacial score (nSPS) is 37.9. The third kappa shape index (κ3) is 6.02. The smallest absolute Gasteiger partial charge is 0.411 e. The van der Waals surface area contributed by atoms with Crippen molar-refractivity contribution in [1.82, 2.24) is 10.6 Å². The maximum atomic E-state index is 13.8. The average molecular weight is 723 g/mol. The molecule has 4 fully saturated rings. The predicted octanol–water partition coefficient (Wildman–Crippen LogP) is 8.77. The van der Waals surface area contributed by atoms with Crippen LogP contribution in [0.15, 0.2) is 11.1 Å². The van der Waals surface area contributed by atoms with Gasteiger partial charge in [-0.1, -0.05) is 48.5 Å². The lowest BCUT2D eigenvalue weighted by molar-refractivity contribution is -0.232. The number of alkyl halides is 3. The van der Waals surface area contributed by atoms with E-state index in [0.29, 0.717) is 18.8 Å². The number of hydrogen-bond acceptors (Lipinski definition) is 5. The fourth-order valence-corrected chi connectivity index (χ4v) is 12.2. The van der Waals surface area contributed by atoms with E-state index in [2.05, 4.69) is 45.3 Å². The van der Waals surface area contributed by atoms with Gasteiger partial charge in [0.05, 0.1) is 17.4 Å². The lowest BCUT2D eigenvalue weighted by Crippen LogP contribution is -2.68. The van der Waals surface area contributed by atoms with Crippen molar-refractivity contribution in [3.8, 4) is 0 Å². The summed E-state index contributed by atoms with van der Waals surface area (Å²) in [6.07, 6.45) is 1.32. The number of nitrogens with one attached hydrogen (secondary N) is 2. The number of urea groups is 1. The molecule has 5 rings (SSSR count). The molecule has 0 unspecified atom stereocenters. The molecule has 0 saturated heterocycles. The Labute approximate surface area is 301 Å². The highest BCUT2D eigenvalue weighted by Crippen LogP contribution is 2.76. The quantitative estimate of drug-likeness (QED) is 0.226. The number of halogens is 3. The van der Waals surface area contributed by atoms with Crippen molar-refractivity contribution in [3.05, 3.63) is 11.1 Å². The van der Waals surface area contributed by atoms with Gasteiger partial charge < -0.3 is 20.5 Å². The summed E-state index contributed by atoms with van der Waals surface area (Å²) in [6.45, 7) is 20.5. The van der Waals surface area contributed by atoms with Crippen molar-refractivity contribution in [1.29, 1.82) is 0 Å². The maximum Gasteiger partial charge on any atom is 0.411 e. The Morgan fingerprint density at radius 1 is 0.882 bits per heavy atom. The van der Waals surface area contributed by atoms with Crippen molar-refractivity contribution >= 4 is 23.8 Å². The number of esters is 1. The molecule has 0 spiro atoms. The van der Waals surface area contributed by atoms with Crippen LogP contribution in [0.5, 0.6) is 0 Å². The lowest BCUT2D eigenvalue weighted by Gasteiger charge is -2.72. The minimum absolute atomic E-state index is 0.00433. The molecule has 51 heavy (non-hydrogen) atoms. The van der Waals surface area contributed by atoms with E-state index in [1.165, 1.54) is 13.8 Å². The molecule has 0 aliphatic heterocycles. The fraction of sp³-hybridized carbons (Fsp3) is 0.850. The highest BCUT2D eigenvalue weighted by Gasteiger charge is 2.70. The van der Waals surface area contributed by atoms with E-state index >= 15 is 0 Å². The largest absolute Gasteiger partial charge is 0.481 e. The Morgan fingerprint density at radius 2 is 1.51 bits per heavy atom. The molecule has 5 aliphatic rings. The number of allylic oxidation sites excluding steroid dienone is 1. The van der Waals surface area contributed by atoms with Crippen LogP contribution in [-0.2, 0) is 19.1 Å². The van der Waals surface area contributed by atoms with E-state index in [0.717, 1.165) is 63.5 Å². The van der Waals surface area contributed by atoms with Crippen LogP contribution >= 0.6 is 0 Å². The Kier molecular flexibility index (Phi) is 9.49. The standard InChI is InChI=1S/C40H61F3N2O6/c1-22(2)29-24(46)20-39(45-32(50)44-35(7,8)40(41,42)43)19-18-37(10)23(30(29)39)12-13-26-36(9)16-15-27(51-28(47)21-33(3,4)31(48)49)34(5,6)25(36)14-17-38(26,37)11/h22-23,25-27H,12-21H2,1-11H3,(H,48,49)(H2,44,45,50)/t23-,25+,26-,27+,36+,37-,38-,39-/m1/s1. The first-order chi connectivity index (χ1) is 23.1. The molecule has 8 atom stereocenters. The summed E-state index contributed by atoms with van der Waals surface area (Å²) in [5.41, 5.74) is -3.70. The summed E-state index contributed by atoms with van der Waals surface area (Å²) in [6, 6.07) is -0.907. The van der Waals surface area contributed by atoms with Gasteiger partial charge in [0.15, 0.2) is 5.78 Å². The molecule has 8 nitrogen and oxygen atoms in total. The molecule has 2 amide bonds. The first-order valence-corrected chi connectivity index (χ1v) is 19.0. The molecule has 0 bridgehead atoms. The highest BCUT2D eigenvalue weighted by molar-refractivity contribution is 6.02. The van der Waals surface area contributed by atoms with Gasteiger partial charge in [-0.25, -0.2) is 4.79 Å². The molecule has 5 aliphatic carbocycles. The first kappa shape index (κ1) is 39.6. The minimum atomic E-state index is -4.64. The lowest BCUT2D eigenvalue weighted by atomic mass is 9.33. The Morgan fingerprint density at radius 3 is 2.08 bits per heavy atom. The van der Waals surface area contributed by atoms with Gasteiger partial charge in [-0.3, -0.25) is 14.4 Å². The van der Waals surface area contributed by atoms with Crippen molar-refractivity contribution in [2.45, 2.75) is 164 Å². The Balaban J connectivity index is 1.45. The molecule has 0 aromatic heterocycles. The monoisotopic (exact) mass is 722 g/mol. The predicted molar refractivity (Wildman–Crippen MR) is 187 cm³/mol. The SMILES string of the molecule is CC(C)C1=C2[C@H]3CC[C@@H]4[C@@]5(C)CC[C@H](OC(=O)CC(C)(C)C(=O)O)C(C)(C)[C@@H]5CC[C@@]4(C)[C@]3(C)CC[C@@]2(NC(=O)NC(C)(C)C(F)(F)F)CC1=O. The molecule has 4 saturated carbocycles. The summed E-state index contributed by atoms with van der Waals surface area (Å²) >= 11 is 0. The van der Waals surface area contributed by atoms with Gasteiger partial charge in [0, 0.05) is 11.8 Å². The number of hydrogen-bond donors (Lipinski definition) is 3. The second-order valence-electron chi connectivity index (χ2n) is 19.7. The number of carboxylic acid groups (broad SMARTS) is 1. The second kappa shape index (κ2) is 12.2.